The minimum absolute atomic E-state index is 0.0852. The largest absolute Gasteiger partial charge is 0.309 e. The zero-order valence-electron chi connectivity index (χ0n) is 13.4. The lowest BCUT2D eigenvalue weighted by Crippen LogP contribution is -2.44. The van der Waals surface area contributed by atoms with Crippen LogP contribution in [0.4, 0.5) is 0 Å². The normalized spacial score (nSPS) is 21.5. The summed E-state index contributed by atoms with van der Waals surface area (Å²) in [6.45, 7) is 7.33. The fourth-order valence-electron chi connectivity index (χ4n) is 2.54. The summed E-state index contributed by atoms with van der Waals surface area (Å²) in [7, 11) is -7.61. The monoisotopic (exact) mass is 381 g/mol. The van der Waals surface area contributed by atoms with Gasteiger partial charge < -0.3 is 5.32 Å². The number of nitrogens with one attached hydrogen (secondary N) is 1. The summed E-state index contributed by atoms with van der Waals surface area (Å²) in [5.74, 6) is 0.177. The summed E-state index contributed by atoms with van der Waals surface area (Å²) in [5.41, 5.74) is 0.507. The lowest BCUT2D eigenvalue weighted by molar-refractivity contribution is 0.314. The molecule has 1 aromatic rings. The maximum Gasteiger partial charge on any atom is 0.253 e. The van der Waals surface area contributed by atoms with E-state index in [0.29, 0.717) is 18.7 Å². The number of nitrogens with two attached hydrogens (primary N) is 1. The van der Waals surface area contributed by atoms with Gasteiger partial charge in [-0.25, -0.2) is 22.0 Å². The van der Waals surface area contributed by atoms with E-state index in [4.69, 9.17) is 5.14 Å². The molecule has 0 spiro atoms. The van der Waals surface area contributed by atoms with E-state index in [-0.39, 0.29) is 20.4 Å². The van der Waals surface area contributed by atoms with Gasteiger partial charge in [0.05, 0.1) is 0 Å². The maximum absolute atomic E-state index is 12.8. The van der Waals surface area contributed by atoms with Crippen LogP contribution in [0.3, 0.4) is 0 Å². The molecule has 0 bridgehead atoms. The number of thiophene rings is 1. The number of fused-ring (bicyclic) bond motifs is 1. The topological polar surface area (TPSA) is 110 Å². The molecule has 0 saturated carbocycles. The van der Waals surface area contributed by atoms with Gasteiger partial charge in [-0.15, -0.1) is 11.3 Å². The lowest BCUT2D eigenvalue weighted by Gasteiger charge is -2.33. The van der Waals surface area contributed by atoms with Crippen LogP contribution in [0.15, 0.2) is 14.5 Å². The van der Waals surface area contributed by atoms with E-state index < -0.39 is 20.0 Å². The molecule has 2 rings (SSSR count). The van der Waals surface area contributed by atoms with Crippen LogP contribution in [0.25, 0.3) is 0 Å². The third kappa shape index (κ3) is 3.94. The molecule has 0 saturated heterocycles. The van der Waals surface area contributed by atoms with Gasteiger partial charge >= 0.3 is 0 Å². The number of sulfonamides is 2. The SMILES string of the molecule is CCCN[C@H]1CN(CC(C)C)S(=O)(=O)c2sc(S(N)(=O)=O)cc21. The van der Waals surface area contributed by atoms with Crippen LogP contribution in [0, 0.1) is 5.92 Å². The molecule has 3 N–H and O–H groups in total. The summed E-state index contributed by atoms with van der Waals surface area (Å²) in [6.07, 6.45) is 0.898. The van der Waals surface area contributed by atoms with Crippen molar-refractivity contribution in [3.8, 4) is 0 Å². The molecule has 1 atom stereocenters. The van der Waals surface area contributed by atoms with Crippen LogP contribution in [-0.2, 0) is 20.0 Å². The van der Waals surface area contributed by atoms with Gasteiger partial charge in [0.1, 0.15) is 8.42 Å². The Morgan fingerprint density at radius 1 is 1.48 bits per heavy atom. The average Bonchev–Trinajstić information content (AvgIpc) is 2.86. The molecule has 0 aromatic carbocycles. The van der Waals surface area contributed by atoms with E-state index in [1.54, 1.807) is 0 Å². The Kier molecular flexibility index (Phi) is 5.54. The van der Waals surface area contributed by atoms with Crippen LogP contribution < -0.4 is 10.5 Å². The molecule has 0 unspecified atom stereocenters. The summed E-state index contributed by atoms with van der Waals surface area (Å²) in [4.78, 5) is 0. The number of nitrogens with zero attached hydrogens (tertiary/aromatic N) is 1. The zero-order valence-corrected chi connectivity index (χ0v) is 15.9. The molecule has 0 aliphatic carbocycles. The number of hydrogen-bond acceptors (Lipinski definition) is 6. The first-order chi connectivity index (χ1) is 10.6. The van der Waals surface area contributed by atoms with E-state index in [9.17, 15) is 16.8 Å². The molecule has 132 valence electrons. The van der Waals surface area contributed by atoms with Gasteiger partial charge in [-0.05, 0) is 24.9 Å². The van der Waals surface area contributed by atoms with Gasteiger partial charge in [-0.3, -0.25) is 0 Å². The molecule has 0 amide bonds. The Labute approximate surface area is 142 Å². The van der Waals surface area contributed by atoms with E-state index >= 15 is 0 Å². The van der Waals surface area contributed by atoms with Crippen LogP contribution in [-0.4, -0.2) is 40.8 Å². The Morgan fingerprint density at radius 2 is 2.13 bits per heavy atom. The fraction of sp³-hybridized carbons (Fsp3) is 0.692. The van der Waals surface area contributed by atoms with Crippen LogP contribution >= 0.6 is 11.3 Å². The second-order valence-corrected chi connectivity index (χ2v) is 11.0. The van der Waals surface area contributed by atoms with E-state index in [1.165, 1.54) is 10.4 Å². The standard InChI is InChI=1S/C13H23N3O4S3/c1-4-5-15-11-8-16(7-9(2)3)23(19,20)13-10(11)6-12(21-13)22(14,17)18/h6,9,11,15H,4-5,7-8H2,1-3H3,(H2,14,17,18)/t11-/m0/s1. The molecular formula is C13H23N3O4S3. The second kappa shape index (κ2) is 6.77. The van der Waals surface area contributed by atoms with Crippen molar-refractivity contribution in [2.24, 2.45) is 11.1 Å². The molecule has 7 nitrogen and oxygen atoms in total. The lowest BCUT2D eigenvalue weighted by atomic mass is 10.1. The average molecular weight is 382 g/mol. The maximum atomic E-state index is 12.8. The summed E-state index contributed by atoms with van der Waals surface area (Å²) < 4.78 is 50.1. The van der Waals surface area contributed by atoms with Gasteiger partial charge in [0.25, 0.3) is 10.0 Å². The Bertz CT molecular complexity index is 768. The smallest absolute Gasteiger partial charge is 0.253 e. The van der Waals surface area contributed by atoms with Crippen LogP contribution in [0.5, 0.6) is 0 Å². The van der Waals surface area contributed by atoms with Crippen molar-refractivity contribution in [3.63, 3.8) is 0 Å². The minimum atomic E-state index is -3.92. The molecule has 0 fully saturated rings. The quantitative estimate of drug-likeness (QED) is 0.767. The molecule has 1 aromatic heterocycles. The molecule has 0 radical (unpaired) electrons. The first-order valence-electron chi connectivity index (χ1n) is 7.47. The minimum Gasteiger partial charge on any atom is -0.309 e. The highest BCUT2D eigenvalue weighted by Gasteiger charge is 2.39. The number of primary sulfonamides is 1. The predicted octanol–water partition coefficient (Wildman–Crippen LogP) is 1.10. The van der Waals surface area contributed by atoms with Crippen molar-refractivity contribution in [2.75, 3.05) is 19.6 Å². The molecule has 10 heteroatoms. The number of rotatable bonds is 6. The van der Waals surface area contributed by atoms with Crippen molar-refractivity contribution in [3.05, 3.63) is 11.6 Å². The number of hydrogen-bond donors (Lipinski definition) is 2. The second-order valence-electron chi connectivity index (χ2n) is 6.08. The summed E-state index contributed by atoms with van der Waals surface area (Å²) in [5, 5.41) is 8.47. The van der Waals surface area contributed by atoms with Crippen molar-refractivity contribution >= 4 is 31.4 Å². The molecule has 1 aliphatic rings. The molecule has 1 aliphatic heterocycles. The van der Waals surface area contributed by atoms with Gasteiger partial charge in [0.2, 0.25) is 10.0 Å². The van der Waals surface area contributed by atoms with Gasteiger partial charge in [-0.1, -0.05) is 20.8 Å². The summed E-state index contributed by atoms with van der Waals surface area (Å²) >= 11 is 0.735. The van der Waals surface area contributed by atoms with Crippen molar-refractivity contribution in [2.45, 2.75) is 41.7 Å². The van der Waals surface area contributed by atoms with E-state index in [1.807, 2.05) is 20.8 Å². The van der Waals surface area contributed by atoms with Crippen LogP contribution in [0.2, 0.25) is 0 Å². The fourth-order valence-corrected chi connectivity index (χ4v) is 6.97. The van der Waals surface area contributed by atoms with E-state index in [2.05, 4.69) is 5.32 Å². The van der Waals surface area contributed by atoms with Gasteiger partial charge in [0, 0.05) is 24.7 Å². The molecular weight excluding hydrogens is 358 g/mol. The Balaban J connectivity index is 2.53. The Morgan fingerprint density at radius 3 is 2.65 bits per heavy atom. The third-order valence-electron chi connectivity index (χ3n) is 3.53. The summed E-state index contributed by atoms with van der Waals surface area (Å²) in [6, 6.07) is 1.17. The van der Waals surface area contributed by atoms with Gasteiger partial charge in [-0.2, -0.15) is 4.31 Å². The van der Waals surface area contributed by atoms with Crippen LogP contribution in [0.1, 0.15) is 38.8 Å². The van der Waals surface area contributed by atoms with Crippen molar-refractivity contribution in [1.29, 1.82) is 0 Å². The van der Waals surface area contributed by atoms with Crippen molar-refractivity contribution < 1.29 is 16.8 Å². The van der Waals surface area contributed by atoms with Crippen molar-refractivity contribution in [1.82, 2.24) is 9.62 Å². The third-order valence-corrected chi connectivity index (χ3v) is 8.46. The van der Waals surface area contributed by atoms with Gasteiger partial charge in [0.15, 0.2) is 0 Å². The Hall–Kier alpha value is -0.520. The highest BCUT2D eigenvalue weighted by molar-refractivity contribution is 7.94. The first-order valence-corrected chi connectivity index (χ1v) is 11.3. The highest BCUT2D eigenvalue weighted by Crippen LogP contribution is 2.40. The van der Waals surface area contributed by atoms with E-state index in [0.717, 1.165) is 24.3 Å². The molecule has 2 heterocycles. The zero-order chi connectivity index (χ0) is 17.4. The predicted molar refractivity (Wildman–Crippen MR) is 90.3 cm³/mol. The first kappa shape index (κ1) is 18.8. The molecule has 23 heavy (non-hydrogen) atoms. The highest BCUT2D eigenvalue weighted by atomic mass is 32.3.